The second kappa shape index (κ2) is 8.30. The van der Waals surface area contributed by atoms with Crippen molar-refractivity contribution in [2.75, 3.05) is 11.4 Å². The van der Waals surface area contributed by atoms with Crippen molar-refractivity contribution in [1.82, 2.24) is 4.72 Å². The fraction of sp³-hybridized carbons (Fsp3) is 0.381. The van der Waals surface area contributed by atoms with Gasteiger partial charge in [0.05, 0.1) is 10.7 Å². The van der Waals surface area contributed by atoms with E-state index in [-0.39, 0.29) is 21.4 Å². The van der Waals surface area contributed by atoms with Gasteiger partial charge in [0.1, 0.15) is 4.90 Å². The number of rotatable bonds is 3. The van der Waals surface area contributed by atoms with Crippen molar-refractivity contribution in [3.8, 4) is 0 Å². The van der Waals surface area contributed by atoms with E-state index in [1.165, 1.54) is 12.1 Å². The lowest BCUT2D eigenvalue weighted by atomic mass is 10.1. The summed E-state index contributed by atoms with van der Waals surface area (Å²) >= 11 is 7.92. The van der Waals surface area contributed by atoms with Gasteiger partial charge >= 0.3 is 0 Å². The molecule has 1 amide bonds. The maximum absolute atomic E-state index is 13.4. The number of anilines is 1. The van der Waals surface area contributed by atoms with Crippen LogP contribution in [0.1, 0.15) is 44.5 Å². The summed E-state index contributed by atoms with van der Waals surface area (Å²) in [6, 6.07) is 12.2. The first-order valence-electron chi connectivity index (χ1n) is 9.39. The average Bonchev–Trinajstić information content (AvgIpc) is 2.77. The second-order valence-corrected chi connectivity index (χ2v) is 11.7. The number of halogens is 1. The number of fused-ring (bicyclic) bond motifs is 1. The molecule has 0 fully saturated rings. The van der Waals surface area contributed by atoms with E-state index >= 15 is 0 Å². The highest BCUT2D eigenvalue weighted by Gasteiger charge is 2.28. The summed E-state index contributed by atoms with van der Waals surface area (Å²) in [5.74, 6) is -0.240. The minimum atomic E-state index is -3.87. The zero-order valence-corrected chi connectivity index (χ0v) is 19.3. The number of carbonyl (C=O) groups is 1. The third-order valence-corrected chi connectivity index (χ3v) is 7.87. The van der Waals surface area contributed by atoms with Crippen molar-refractivity contribution < 1.29 is 13.2 Å². The van der Waals surface area contributed by atoms with E-state index in [9.17, 15) is 13.2 Å². The van der Waals surface area contributed by atoms with Crippen LogP contribution < -0.4 is 9.62 Å². The minimum Gasteiger partial charge on any atom is -0.307 e. The summed E-state index contributed by atoms with van der Waals surface area (Å²) in [5, 5.41) is 0.463. The largest absolute Gasteiger partial charge is 0.307 e. The van der Waals surface area contributed by atoms with Crippen molar-refractivity contribution in [3.63, 3.8) is 0 Å². The predicted molar refractivity (Wildman–Crippen MR) is 120 cm³/mol. The summed E-state index contributed by atoms with van der Waals surface area (Å²) in [4.78, 5) is 16.0. The monoisotopic (exact) mass is 452 g/mol. The third-order valence-electron chi connectivity index (χ3n) is 4.40. The summed E-state index contributed by atoms with van der Waals surface area (Å²) < 4.78 is 28.2. The fourth-order valence-electron chi connectivity index (χ4n) is 3.15. The van der Waals surface area contributed by atoms with E-state index in [1.807, 2.05) is 24.3 Å². The van der Waals surface area contributed by atoms with E-state index < -0.39 is 15.6 Å². The van der Waals surface area contributed by atoms with Gasteiger partial charge in [-0.1, -0.05) is 30.7 Å². The first-order valence-corrected chi connectivity index (χ1v) is 12.1. The van der Waals surface area contributed by atoms with Crippen molar-refractivity contribution in [2.45, 2.75) is 54.7 Å². The molecule has 1 aliphatic heterocycles. The number of para-hydroxylation sites is 1. The molecule has 1 aliphatic rings. The number of hydrogen-bond acceptors (Lipinski definition) is 4. The second-order valence-electron chi connectivity index (χ2n) is 8.14. The summed E-state index contributed by atoms with van der Waals surface area (Å²) in [5.41, 5.74) is 0.469. The third kappa shape index (κ3) is 5.15. The highest BCUT2D eigenvalue weighted by Crippen LogP contribution is 2.38. The highest BCUT2D eigenvalue weighted by atomic mass is 35.5. The standard InChI is InChI=1S/C21H25ClN2O3S2/c1-14-11-12-24(17-7-5-6-8-18(17)28-14)20(25)15-9-10-16(22)19(13-15)29(26,27)23-21(2,3)4/h5-10,13-14,23H,11-12H2,1-4H3/t14-/m0/s1. The van der Waals surface area contributed by atoms with Gasteiger partial charge in [-0.2, -0.15) is 0 Å². The molecule has 0 spiro atoms. The van der Waals surface area contributed by atoms with Gasteiger partial charge in [0.2, 0.25) is 10.0 Å². The molecule has 2 aromatic rings. The average molecular weight is 453 g/mol. The van der Waals surface area contributed by atoms with Gasteiger partial charge in [0, 0.05) is 27.8 Å². The Morgan fingerprint density at radius 3 is 2.59 bits per heavy atom. The molecular weight excluding hydrogens is 428 g/mol. The first-order chi connectivity index (χ1) is 13.5. The Bertz CT molecular complexity index is 1030. The van der Waals surface area contributed by atoms with Gasteiger partial charge in [0.25, 0.3) is 5.91 Å². The van der Waals surface area contributed by atoms with Gasteiger partial charge in [0.15, 0.2) is 0 Å². The Morgan fingerprint density at radius 2 is 1.90 bits per heavy atom. The van der Waals surface area contributed by atoms with E-state index in [1.54, 1.807) is 43.5 Å². The number of nitrogens with zero attached hydrogens (tertiary/aromatic N) is 1. The van der Waals surface area contributed by atoms with Crippen LogP contribution in [0.2, 0.25) is 5.02 Å². The zero-order valence-electron chi connectivity index (χ0n) is 16.9. The summed E-state index contributed by atoms with van der Waals surface area (Å²) in [6.07, 6.45) is 0.843. The molecule has 0 aliphatic carbocycles. The van der Waals surface area contributed by atoms with Crippen molar-refractivity contribution in [3.05, 3.63) is 53.1 Å². The number of amides is 1. The number of sulfonamides is 1. The minimum absolute atomic E-state index is 0.0822. The normalized spacial score (nSPS) is 17.6. The predicted octanol–water partition coefficient (Wildman–Crippen LogP) is 4.95. The number of thioether (sulfide) groups is 1. The molecule has 3 rings (SSSR count). The number of benzene rings is 2. The van der Waals surface area contributed by atoms with Crippen LogP contribution in [-0.2, 0) is 10.0 Å². The molecule has 156 valence electrons. The molecule has 0 saturated heterocycles. The Kier molecular flexibility index (Phi) is 6.34. The SMILES string of the molecule is C[C@H]1CCN(C(=O)c2ccc(Cl)c(S(=O)(=O)NC(C)(C)C)c2)c2ccccc2S1. The lowest BCUT2D eigenvalue weighted by Crippen LogP contribution is -2.40. The summed E-state index contributed by atoms with van der Waals surface area (Å²) in [7, 11) is -3.87. The van der Waals surface area contributed by atoms with E-state index in [0.717, 1.165) is 17.0 Å². The van der Waals surface area contributed by atoms with Crippen molar-refractivity contribution in [1.29, 1.82) is 0 Å². The molecule has 1 heterocycles. The van der Waals surface area contributed by atoms with E-state index in [4.69, 9.17) is 11.6 Å². The highest BCUT2D eigenvalue weighted by molar-refractivity contribution is 8.00. The van der Waals surface area contributed by atoms with Crippen LogP contribution in [0.25, 0.3) is 0 Å². The molecular formula is C21H25ClN2O3S2. The molecule has 5 nitrogen and oxygen atoms in total. The Balaban J connectivity index is 2.01. The molecule has 8 heteroatoms. The first kappa shape index (κ1) is 22.2. The molecule has 0 saturated carbocycles. The smallest absolute Gasteiger partial charge is 0.258 e. The van der Waals surface area contributed by atoms with Gasteiger partial charge < -0.3 is 4.90 Å². The van der Waals surface area contributed by atoms with Crippen molar-refractivity contribution >= 4 is 45.0 Å². The molecule has 29 heavy (non-hydrogen) atoms. The summed E-state index contributed by atoms with van der Waals surface area (Å²) in [6.45, 7) is 7.96. The molecule has 1 N–H and O–H groups in total. The molecule has 2 aromatic carbocycles. The molecule has 0 aromatic heterocycles. The fourth-order valence-corrected chi connectivity index (χ4v) is 6.21. The number of hydrogen-bond donors (Lipinski definition) is 1. The molecule has 0 unspecified atom stereocenters. The van der Waals surface area contributed by atoms with E-state index in [2.05, 4.69) is 11.6 Å². The van der Waals surface area contributed by atoms with Gasteiger partial charge in [-0.3, -0.25) is 4.79 Å². The van der Waals surface area contributed by atoms with E-state index in [0.29, 0.717) is 11.8 Å². The lowest BCUT2D eigenvalue weighted by Gasteiger charge is -2.24. The van der Waals surface area contributed by atoms with Gasteiger partial charge in [-0.05, 0) is 57.5 Å². The number of nitrogens with one attached hydrogen (secondary N) is 1. The van der Waals surface area contributed by atoms with Crippen LogP contribution in [0.5, 0.6) is 0 Å². The maximum atomic E-state index is 13.4. The Morgan fingerprint density at radius 1 is 1.21 bits per heavy atom. The Labute approximate surface area is 181 Å². The van der Waals surface area contributed by atoms with Crippen LogP contribution in [-0.4, -0.2) is 31.7 Å². The maximum Gasteiger partial charge on any atom is 0.258 e. The van der Waals surface area contributed by atoms with Gasteiger partial charge in [-0.25, -0.2) is 13.1 Å². The van der Waals surface area contributed by atoms with Crippen LogP contribution in [0.3, 0.4) is 0 Å². The van der Waals surface area contributed by atoms with Crippen LogP contribution in [0.4, 0.5) is 5.69 Å². The van der Waals surface area contributed by atoms with Gasteiger partial charge in [-0.15, -0.1) is 11.8 Å². The lowest BCUT2D eigenvalue weighted by molar-refractivity contribution is 0.0986. The van der Waals surface area contributed by atoms with Crippen LogP contribution in [0, 0.1) is 0 Å². The topological polar surface area (TPSA) is 66.5 Å². The molecule has 0 radical (unpaired) electrons. The van der Waals surface area contributed by atoms with Crippen LogP contribution >= 0.6 is 23.4 Å². The zero-order chi connectivity index (χ0) is 21.4. The molecule has 1 atom stereocenters. The quantitative estimate of drug-likeness (QED) is 0.715. The number of carbonyl (C=O) groups excluding carboxylic acids is 1. The van der Waals surface area contributed by atoms with Crippen molar-refractivity contribution in [2.24, 2.45) is 0 Å². The van der Waals surface area contributed by atoms with Crippen LogP contribution in [0.15, 0.2) is 52.3 Å². The molecule has 0 bridgehead atoms. The Hall–Kier alpha value is -1.54.